The third-order valence-electron chi connectivity index (χ3n) is 3.80. The van der Waals surface area contributed by atoms with Crippen LogP contribution in [0.2, 0.25) is 5.02 Å². The van der Waals surface area contributed by atoms with E-state index in [1.54, 1.807) is 13.0 Å². The number of benzene rings is 1. The Morgan fingerprint density at radius 2 is 2.00 bits per heavy atom. The van der Waals surface area contributed by atoms with E-state index in [0.29, 0.717) is 18.2 Å². The van der Waals surface area contributed by atoms with E-state index in [9.17, 15) is 9.18 Å². The maximum absolute atomic E-state index is 13.5. The number of ketones is 1. The SMILES string of the molecule is CC.CC(=O)C(CNC1CCCC1)c1ccc(Cl)c(F)c1. The highest BCUT2D eigenvalue weighted by atomic mass is 35.5. The van der Waals surface area contributed by atoms with Gasteiger partial charge in [0.2, 0.25) is 0 Å². The Morgan fingerprint density at radius 3 is 2.52 bits per heavy atom. The molecule has 0 saturated heterocycles. The van der Waals surface area contributed by atoms with Crippen LogP contribution < -0.4 is 5.32 Å². The van der Waals surface area contributed by atoms with Crippen molar-refractivity contribution in [1.82, 2.24) is 5.32 Å². The van der Waals surface area contributed by atoms with E-state index in [-0.39, 0.29) is 16.7 Å². The van der Waals surface area contributed by atoms with Gasteiger partial charge in [-0.3, -0.25) is 4.79 Å². The number of halogens is 2. The summed E-state index contributed by atoms with van der Waals surface area (Å²) in [5.41, 5.74) is 0.694. The van der Waals surface area contributed by atoms with Gasteiger partial charge < -0.3 is 5.32 Å². The van der Waals surface area contributed by atoms with Crippen molar-refractivity contribution in [2.75, 3.05) is 6.54 Å². The molecule has 0 amide bonds. The third kappa shape index (κ3) is 5.40. The van der Waals surface area contributed by atoms with Gasteiger partial charge in [-0.2, -0.15) is 0 Å². The molecule has 0 bridgehead atoms. The second-order valence-corrected chi connectivity index (χ2v) is 5.63. The highest BCUT2D eigenvalue weighted by Gasteiger charge is 2.21. The summed E-state index contributed by atoms with van der Waals surface area (Å²) in [5, 5.41) is 3.51. The van der Waals surface area contributed by atoms with E-state index >= 15 is 0 Å². The minimum Gasteiger partial charge on any atom is -0.313 e. The van der Waals surface area contributed by atoms with Crippen LogP contribution in [-0.2, 0) is 4.79 Å². The number of hydrogen-bond donors (Lipinski definition) is 1. The number of Topliss-reactive ketones (excluding diaryl/α,β-unsaturated/α-hetero) is 1. The van der Waals surface area contributed by atoms with Crippen LogP contribution in [0.1, 0.15) is 57.9 Å². The Hall–Kier alpha value is -0.930. The topological polar surface area (TPSA) is 29.1 Å². The monoisotopic (exact) mass is 313 g/mol. The molecular weight excluding hydrogens is 289 g/mol. The van der Waals surface area contributed by atoms with Gasteiger partial charge in [0.25, 0.3) is 0 Å². The van der Waals surface area contributed by atoms with Crippen LogP contribution in [0.4, 0.5) is 4.39 Å². The van der Waals surface area contributed by atoms with Crippen LogP contribution in [-0.4, -0.2) is 18.4 Å². The largest absolute Gasteiger partial charge is 0.313 e. The summed E-state index contributed by atoms with van der Waals surface area (Å²) in [6, 6.07) is 5.11. The molecule has 0 aliphatic heterocycles. The highest BCUT2D eigenvalue weighted by Crippen LogP contribution is 2.23. The zero-order chi connectivity index (χ0) is 15.8. The van der Waals surface area contributed by atoms with Gasteiger partial charge in [0, 0.05) is 12.6 Å². The molecule has 1 aliphatic rings. The average molecular weight is 314 g/mol. The summed E-state index contributed by atoms with van der Waals surface area (Å²) in [6.45, 7) is 6.12. The molecule has 0 aromatic heterocycles. The van der Waals surface area contributed by atoms with E-state index in [0.717, 1.165) is 0 Å². The quantitative estimate of drug-likeness (QED) is 0.853. The number of carbonyl (C=O) groups is 1. The van der Waals surface area contributed by atoms with E-state index in [2.05, 4.69) is 5.32 Å². The van der Waals surface area contributed by atoms with E-state index in [1.807, 2.05) is 13.8 Å². The minimum atomic E-state index is -0.466. The summed E-state index contributed by atoms with van der Waals surface area (Å²) in [5.74, 6) is -0.717. The maximum atomic E-state index is 13.5. The molecule has 1 unspecified atom stereocenters. The van der Waals surface area contributed by atoms with Gasteiger partial charge >= 0.3 is 0 Å². The van der Waals surface area contributed by atoms with Crippen molar-refractivity contribution < 1.29 is 9.18 Å². The van der Waals surface area contributed by atoms with E-state index < -0.39 is 5.82 Å². The second-order valence-electron chi connectivity index (χ2n) is 5.23. The van der Waals surface area contributed by atoms with Crippen LogP contribution >= 0.6 is 11.6 Å². The first-order chi connectivity index (χ1) is 10.1. The van der Waals surface area contributed by atoms with Crippen molar-refractivity contribution >= 4 is 17.4 Å². The molecule has 118 valence electrons. The molecule has 0 spiro atoms. The molecule has 0 heterocycles. The summed E-state index contributed by atoms with van der Waals surface area (Å²) in [4.78, 5) is 11.7. The first kappa shape index (κ1) is 18.1. The molecule has 1 aromatic rings. The van der Waals surface area contributed by atoms with Crippen molar-refractivity contribution in [2.24, 2.45) is 0 Å². The summed E-state index contributed by atoms with van der Waals surface area (Å²) in [7, 11) is 0. The lowest BCUT2D eigenvalue weighted by Gasteiger charge is -2.19. The van der Waals surface area contributed by atoms with Gasteiger partial charge in [-0.05, 0) is 37.5 Å². The van der Waals surface area contributed by atoms with Crippen molar-refractivity contribution in [3.05, 3.63) is 34.6 Å². The van der Waals surface area contributed by atoms with Gasteiger partial charge in [0.15, 0.2) is 0 Å². The molecule has 1 N–H and O–H groups in total. The standard InChI is InChI=1S/C15H19ClFNO.C2H6/c1-10(19)13(9-18-12-4-2-3-5-12)11-6-7-14(16)15(17)8-11;1-2/h6-8,12-13,18H,2-5,9H2,1H3;1-2H3. The van der Waals surface area contributed by atoms with Crippen LogP contribution in [0.25, 0.3) is 0 Å². The molecular formula is C17H25ClFNO. The molecule has 2 rings (SSSR count). The molecule has 4 heteroatoms. The lowest BCUT2D eigenvalue weighted by Crippen LogP contribution is -2.32. The van der Waals surface area contributed by atoms with Crippen molar-refractivity contribution in [1.29, 1.82) is 0 Å². The lowest BCUT2D eigenvalue weighted by molar-refractivity contribution is -0.118. The normalized spacial score (nSPS) is 16.2. The number of carbonyl (C=O) groups excluding carboxylic acids is 1. The number of hydrogen-bond acceptors (Lipinski definition) is 2. The Morgan fingerprint density at radius 1 is 1.38 bits per heavy atom. The van der Waals surface area contributed by atoms with Gasteiger partial charge in [-0.15, -0.1) is 0 Å². The summed E-state index contributed by atoms with van der Waals surface area (Å²) >= 11 is 5.67. The van der Waals surface area contributed by atoms with Gasteiger partial charge in [0.05, 0.1) is 10.9 Å². The molecule has 1 aliphatic carbocycles. The number of nitrogens with one attached hydrogen (secondary N) is 1. The van der Waals surface area contributed by atoms with E-state index in [1.165, 1.54) is 37.8 Å². The predicted molar refractivity (Wildman–Crippen MR) is 86.4 cm³/mol. The molecule has 1 atom stereocenters. The minimum absolute atomic E-state index is 0.0484. The fraction of sp³-hybridized carbons (Fsp3) is 0.588. The second kappa shape index (κ2) is 9.16. The van der Waals surface area contributed by atoms with Crippen molar-refractivity contribution in [3.63, 3.8) is 0 Å². The summed E-state index contributed by atoms with van der Waals surface area (Å²) < 4.78 is 13.5. The Balaban J connectivity index is 0.00000106. The van der Waals surface area contributed by atoms with Gasteiger partial charge in [-0.25, -0.2) is 4.39 Å². The molecule has 21 heavy (non-hydrogen) atoms. The Bertz CT molecular complexity index is 458. The Labute approximate surface area is 132 Å². The fourth-order valence-electron chi connectivity index (χ4n) is 2.64. The molecule has 0 radical (unpaired) electrons. The van der Waals surface area contributed by atoms with Crippen molar-refractivity contribution in [3.8, 4) is 0 Å². The van der Waals surface area contributed by atoms with E-state index in [4.69, 9.17) is 11.6 Å². The lowest BCUT2D eigenvalue weighted by atomic mass is 9.95. The van der Waals surface area contributed by atoms with Gasteiger partial charge in [0.1, 0.15) is 11.6 Å². The predicted octanol–water partition coefficient (Wildman–Crippen LogP) is 4.71. The molecule has 1 fully saturated rings. The zero-order valence-electron chi connectivity index (χ0n) is 13.1. The van der Waals surface area contributed by atoms with Gasteiger partial charge in [-0.1, -0.05) is 44.4 Å². The average Bonchev–Trinajstić information content (AvgIpc) is 2.98. The highest BCUT2D eigenvalue weighted by molar-refractivity contribution is 6.30. The first-order valence-electron chi connectivity index (χ1n) is 7.76. The smallest absolute Gasteiger partial charge is 0.142 e. The fourth-order valence-corrected chi connectivity index (χ4v) is 2.76. The third-order valence-corrected chi connectivity index (χ3v) is 4.11. The molecule has 1 aromatic carbocycles. The first-order valence-corrected chi connectivity index (χ1v) is 8.14. The van der Waals surface area contributed by atoms with Crippen molar-refractivity contribution in [2.45, 2.75) is 58.4 Å². The maximum Gasteiger partial charge on any atom is 0.142 e. The molecule has 2 nitrogen and oxygen atoms in total. The summed E-state index contributed by atoms with van der Waals surface area (Å²) in [6.07, 6.45) is 4.83. The molecule has 1 saturated carbocycles. The Kier molecular flexibility index (Phi) is 7.91. The van der Waals surface area contributed by atoms with Crippen LogP contribution in [0, 0.1) is 5.82 Å². The number of rotatable bonds is 5. The van der Waals surface area contributed by atoms with Crippen LogP contribution in [0.3, 0.4) is 0 Å². The zero-order valence-corrected chi connectivity index (χ0v) is 13.8. The van der Waals surface area contributed by atoms with Crippen LogP contribution in [0.15, 0.2) is 18.2 Å². The van der Waals surface area contributed by atoms with Crippen LogP contribution in [0.5, 0.6) is 0 Å².